The van der Waals surface area contributed by atoms with E-state index in [4.69, 9.17) is 0 Å². The predicted molar refractivity (Wildman–Crippen MR) is 61.5 cm³/mol. The Hall–Kier alpha value is -1.35. The van der Waals surface area contributed by atoms with E-state index in [1.54, 1.807) is 7.05 Å². The number of benzene rings is 1. The van der Waals surface area contributed by atoms with Gasteiger partial charge in [-0.2, -0.15) is 0 Å². The Morgan fingerprint density at radius 2 is 1.80 bits per heavy atom. The summed E-state index contributed by atoms with van der Waals surface area (Å²) < 4.78 is 0. The van der Waals surface area contributed by atoms with Crippen LogP contribution in [0.3, 0.4) is 0 Å². The second-order valence-corrected chi connectivity index (χ2v) is 3.78. The Bertz CT molecular complexity index is 309. The maximum Gasteiger partial charge on any atom is 0.241 e. The van der Waals surface area contributed by atoms with Crippen LogP contribution in [0.1, 0.15) is 25.5 Å². The van der Waals surface area contributed by atoms with Crippen LogP contribution in [0.15, 0.2) is 30.3 Å². The van der Waals surface area contributed by atoms with E-state index in [9.17, 15) is 4.79 Å². The van der Waals surface area contributed by atoms with Crippen LogP contribution in [0.25, 0.3) is 0 Å². The highest BCUT2D eigenvalue weighted by Crippen LogP contribution is 2.13. The monoisotopic (exact) mass is 206 g/mol. The molecule has 0 aromatic heterocycles. The lowest BCUT2D eigenvalue weighted by atomic mass is 10.1. The topological polar surface area (TPSA) is 41.1 Å². The molecule has 3 nitrogen and oxygen atoms in total. The SMILES string of the molecule is CNC(=O)C(NC(C)C)c1ccccc1. The minimum atomic E-state index is -0.267. The van der Waals surface area contributed by atoms with Gasteiger partial charge in [0, 0.05) is 13.1 Å². The van der Waals surface area contributed by atoms with E-state index in [1.807, 2.05) is 44.2 Å². The van der Waals surface area contributed by atoms with E-state index in [0.29, 0.717) is 0 Å². The van der Waals surface area contributed by atoms with Gasteiger partial charge in [-0.05, 0) is 19.4 Å². The maximum absolute atomic E-state index is 11.7. The van der Waals surface area contributed by atoms with Gasteiger partial charge in [-0.15, -0.1) is 0 Å². The second-order valence-electron chi connectivity index (χ2n) is 3.78. The quantitative estimate of drug-likeness (QED) is 0.783. The summed E-state index contributed by atoms with van der Waals surface area (Å²) in [4.78, 5) is 11.7. The van der Waals surface area contributed by atoms with Crippen molar-refractivity contribution >= 4 is 5.91 Å². The summed E-state index contributed by atoms with van der Waals surface area (Å²) in [7, 11) is 1.65. The molecule has 1 unspecified atom stereocenters. The third-order valence-corrected chi connectivity index (χ3v) is 2.14. The summed E-state index contributed by atoms with van der Waals surface area (Å²) in [5.41, 5.74) is 0.991. The van der Waals surface area contributed by atoms with Crippen molar-refractivity contribution in [3.05, 3.63) is 35.9 Å². The fourth-order valence-electron chi connectivity index (χ4n) is 1.45. The van der Waals surface area contributed by atoms with Gasteiger partial charge < -0.3 is 5.32 Å². The standard InChI is InChI=1S/C12H18N2O/c1-9(2)14-11(12(15)13-3)10-7-5-4-6-8-10/h4-9,11,14H,1-3H3,(H,13,15). The first-order valence-electron chi connectivity index (χ1n) is 5.17. The largest absolute Gasteiger partial charge is 0.358 e. The lowest BCUT2D eigenvalue weighted by Gasteiger charge is -2.20. The number of carbonyl (C=O) groups is 1. The predicted octanol–water partition coefficient (Wildman–Crippen LogP) is 1.47. The highest BCUT2D eigenvalue weighted by molar-refractivity contribution is 5.82. The summed E-state index contributed by atoms with van der Waals surface area (Å²) in [6.45, 7) is 4.05. The average Bonchev–Trinajstić information content (AvgIpc) is 2.26. The molecular formula is C12H18N2O. The second kappa shape index (κ2) is 5.51. The van der Waals surface area contributed by atoms with Crippen molar-refractivity contribution in [2.75, 3.05) is 7.05 Å². The Kier molecular flexibility index (Phi) is 4.31. The van der Waals surface area contributed by atoms with Gasteiger partial charge in [0.05, 0.1) is 0 Å². The van der Waals surface area contributed by atoms with Gasteiger partial charge in [-0.3, -0.25) is 10.1 Å². The zero-order valence-electron chi connectivity index (χ0n) is 9.45. The first-order valence-corrected chi connectivity index (χ1v) is 5.17. The molecule has 1 aromatic rings. The molecule has 0 saturated heterocycles. The van der Waals surface area contributed by atoms with Crippen molar-refractivity contribution in [2.45, 2.75) is 25.9 Å². The molecule has 0 heterocycles. The number of carbonyl (C=O) groups excluding carboxylic acids is 1. The third kappa shape index (κ3) is 3.36. The minimum absolute atomic E-state index is 0.00472. The van der Waals surface area contributed by atoms with E-state index >= 15 is 0 Å². The van der Waals surface area contributed by atoms with Crippen molar-refractivity contribution < 1.29 is 4.79 Å². The first-order chi connectivity index (χ1) is 7.15. The smallest absolute Gasteiger partial charge is 0.241 e. The number of hydrogen-bond acceptors (Lipinski definition) is 2. The Labute approximate surface area is 90.9 Å². The highest BCUT2D eigenvalue weighted by Gasteiger charge is 2.19. The molecule has 0 spiro atoms. The van der Waals surface area contributed by atoms with Crippen LogP contribution in [0, 0.1) is 0 Å². The molecule has 0 saturated carbocycles. The molecule has 0 fully saturated rings. The molecule has 2 N–H and O–H groups in total. The van der Waals surface area contributed by atoms with E-state index in [1.165, 1.54) is 0 Å². The molecule has 1 amide bonds. The molecule has 0 aliphatic rings. The molecule has 1 aromatic carbocycles. The van der Waals surface area contributed by atoms with Gasteiger partial charge in [0.25, 0.3) is 0 Å². The van der Waals surface area contributed by atoms with Crippen LogP contribution in [0.5, 0.6) is 0 Å². The Morgan fingerprint density at radius 3 is 2.27 bits per heavy atom. The summed E-state index contributed by atoms with van der Waals surface area (Å²) in [6, 6.07) is 9.73. The van der Waals surface area contributed by atoms with Gasteiger partial charge in [0.15, 0.2) is 0 Å². The van der Waals surface area contributed by atoms with Crippen molar-refractivity contribution in [2.24, 2.45) is 0 Å². The molecule has 0 aliphatic carbocycles. The van der Waals surface area contributed by atoms with Crippen molar-refractivity contribution in [3.8, 4) is 0 Å². The van der Waals surface area contributed by atoms with E-state index in [0.717, 1.165) is 5.56 Å². The van der Waals surface area contributed by atoms with Gasteiger partial charge in [0.2, 0.25) is 5.91 Å². The van der Waals surface area contributed by atoms with Crippen LogP contribution in [0.2, 0.25) is 0 Å². The van der Waals surface area contributed by atoms with Crippen molar-refractivity contribution in [1.29, 1.82) is 0 Å². The fourth-order valence-corrected chi connectivity index (χ4v) is 1.45. The minimum Gasteiger partial charge on any atom is -0.358 e. The van der Waals surface area contributed by atoms with E-state index in [-0.39, 0.29) is 18.0 Å². The maximum atomic E-state index is 11.7. The number of amides is 1. The molecule has 0 aliphatic heterocycles. The molecule has 1 atom stereocenters. The summed E-state index contributed by atoms with van der Waals surface area (Å²) >= 11 is 0. The number of rotatable bonds is 4. The zero-order chi connectivity index (χ0) is 11.3. The number of likely N-dealkylation sites (N-methyl/N-ethyl adjacent to an activating group) is 1. The van der Waals surface area contributed by atoms with Crippen molar-refractivity contribution in [1.82, 2.24) is 10.6 Å². The van der Waals surface area contributed by atoms with Crippen LogP contribution < -0.4 is 10.6 Å². The Balaban J connectivity index is 2.86. The number of hydrogen-bond donors (Lipinski definition) is 2. The van der Waals surface area contributed by atoms with Crippen LogP contribution >= 0.6 is 0 Å². The molecule has 0 bridgehead atoms. The third-order valence-electron chi connectivity index (χ3n) is 2.14. The molecule has 0 radical (unpaired) electrons. The van der Waals surface area contributed by atoms with Crippen LogP contribution in [0.4, 0.5) is 0 Å². The van der Waals surface area contributed by atoms with Crippen LogP contribution in [-0.2, 0) is 4.79 Å². The van der Waals surface area contributed by atoms with Gasteiger partial charge >= 0.3 is 0 Å². The molecule has 3 heteroatoms. The summed E-state index contributed by atoms with van der Waals surface area (Å²) in [5, 5.41) is 5.90. The summed E-state index contributed by atoms with van der Waals surface area (Å²) in [6.07, 6.45) is 0. The van der Waals surface area contributed by atoms with Crippen molar-refractivity contribution in [3.63, 3.8) is 0 Å². The van der Waals surface area contributed by atoms with Gasteiger partial charge in [-0.1, -0.05) is 30.3 Å². The number of nitrogens with one attached hydrogen (secondary N) is 2. The molecule has 15 heavy (non-hydrogen) atoms. The normalized spacial score (nSPS) is 12.5. The van der Waals surface area contributed by atoms with Gasteiger partial charge in [0.1, 0.15) is 6.04 Å². The van der Waals surface area contributed by atoms with E-state index < -0.39 is 0 Å². The lowest BCUT2D eigenvalue weighted by Crippen LogP contribution is -2.39. The highest BCUT2D eigenvalue weighted by atomic mass is 16.2. The molecule has 82 valence electrons. The fraction of sp³-hybridized carbons (Fsp3) is 0.417. The van der Waals surface area contributed by atoms with E-state index in [2.05, 4.69) is 10.6 Å². The molecular weight excluding hydrogens is 188 g/mol. The summed E-state index contributed by atoms with van der Waals surface area (Å²) in [5.74, 6) is -0.00472. The average molecular weight is 206 g/mol. The van der Waals surface area contributed by atoms with Gasteiger partial charge in [-0.25, -0.2) is 0 Å². The molecule has 1 rings (SSSR count). The zero-order valence-corrected chi connectivity index (χ0v) is 9.45. The van der Waals surface area contributed by atoms with Crippen LogP contribution in [-0.4, -0.2) is 19.0 Å². The lowest BCUT2D eigenvalue weighted by molar-refractivity contribution is -0.123. The Morgan fingerprint density at radius 1 is 1.20 bits per heavy atom. The first kappa shape index (κ1) is 11.7.